The Hall–Kier alpha value is -2.51. The van der Waals surface area contributed by atoms with Crippen molar-refractivity contribution in [3.63, 3.8) is 0 Å². The van der Waals surface area contributed by atoms with E-state index in [1.54, 1.807) is 6.07 Å². The van der Waals surface area contributed by atoms with E-state index in [0.717, 1.165) is 5.56 Å². The Morgan fingerprint density at radius 1 is 1.42 bits per heavy atom. The third-order valence-electron chi connectivity index (χ3n) is 2.32. The first-order chi connectivity index (χ1) is 8.99. The van der Waals surface area contributed by atoms with E-state index in [1.807, 2.05) is 0 Å². The van der Waals surface area contributed by atoms with Crippen molar-refractivity contribution >= 4 is 17.9 Å². The number of nitrogens with two attached hydrogens (primary N) is 1. The molecule has 8 heteroatoms. The highest BCUT2D eigenvalue weighted by molar-refractivity contribution is 5.83. The minimum atomic E-state index is -1.22. The number of carboxylic acids is 1. The first-order valence-corrected chi connectivity index (χ1v) is 5.55. The molecule has 3 amide bonds. The molecule has 1 aromatic rings. The van der Waals surface area contributed by atoms with Crippen molar-refractivity contribution in [3.8, 4) is 0 Å². The molecule has 1 aromatic heterocycles. The SMILES string of the molecule is NC(=O)CC[C@@H](NC(=O)NCc1ccoc1)C(=O)O. The summed E-state index contributed by atoms with van der Waals surface area (Å²) in [4.78, 5) is 32.9. The van der Waals surface area contributed by atoms with E-state index < -0.39 is 23.9 Å². The molecule has 0 bridgehead atoms. The molecule has 1 atom stereocenters. The van der Waals surface area contributed by atoms with Crippen LogP contribution in [0.3, 0.4) is 0 Å². The third-order valence-corrected chi connectivity index (χ3v) is 2.32. The maximum atomic E-state index is 11.5. The molecule has 5 N–H and O–H groups in total. The van der Waals surface area contributed by atoms with Crippen LogP contribution < -0.4 is 16.4 Å². The molecule has 0 unspecified atom stereocenters. The predicted molar refractivity (Wildman–Crippen MR) is 63.9 cm³/mol. The highest BCUT2D eigenvalue weighted by atomic mass is 16.4. The molecule has 1 heterocycles. The summed E-state index contributed by atoms with van der Waals surface area (Å²) in [6, 6.07) is -0.128. The molecule has 0 aromatic carbocycles. The molecule has 0 spiro atoms. The van der Waals surface area contributed by atoms with E-state index in [-0.39, 0.29) is 19.4 Å². The average Bonchev–Trinajstić information content (AvgIpc) is 2.84. The van der Waals surface area contributed by atoms with E-state index in [2.05, 4.69) is 10.6 Å². The van der Waals surface area contributed by atoms with E-state index >= 15 is 0 Å². The van der Waals surface area contributed by atoms with Crippen molar-refractivity contribution in [3.05, 3.63) is 24.2 Å². The van der Waals surface area contributed by atoms with Crippen molar-refractivity contribution in [1.29, 1.82) is 0 Å². The van der Waals surface area contributed by atoms with Gasteiger partial charge in [0.1, 0.15) is 6.04 Å². The Morgan fingerprint density at radius 2 is 2.16 bits per heavy atom. The third kappa shape index (κ3) is 5.57. The van der Waals surface area contributed by atoms with Gasteiger partial charge >= 0.3 is 12.0 Å². The van der Waals surface area contributed by atoms with Crippen LogP contribution in [0.15, 0.2) is 23.0 Å². The lowest BCUT2D eigenvalue weighted by molar-refractivity contribution is -0.139. The average molecular weight is 269 g/mol. The quantitative estimate of drug-likeness (QED) is 0.543. The number of carbonyl (C=O) groups is 3. The zero-order valence-corrected chi connectivity index (χ0v) is 10.1. The summed E-state index contributed by atoms with van der Waals surface area (Å²) in [5.74, 6) is -1.84. The number of primary amides is 1. The Balaban J connectivity index is 2.38. The lowest BCUT2D eigenvalue weighted by Crippen LogP contribution is -2.46. The van der Waals surface area contributed by atoms with Gasteiger partial charge in [-0.15, -0.1) is 0 Å². The van der Waals surface area contributed by atoms with Gasteiger partial charge in [-0.3, -0.25) is 4.79 Å². The largest absolute Gasteiger partial charge is 0.480 e. The lowest BCUT2D eigenvalue weighted by Gasteiger charge is -2.14. The Labute approximate surface area is 108 Å². The van der Waals surface area contributed by atoms with Gasteiger partial charge in [-0.2, -0.15) is 0 Å². The van der Waals surface area contributed by atoms with Gasteiger partial charge in [-0.25, -0.2) is 9.59 Å². The van der Waals surface area contributed by atoms with Gasteiger partial charge < -0.3 is 25.9 Å². The van der Waals surface area contributed by atoms with Crippen LogP contribution in [0.4, 0.5) is 4.79 Å². The summed E-state index contributed by atoms with van der Waals surface area (Å²) in [7, 11) is 0. The van der Waals surface area contributed by atoms with E-state index in [9.17, 15) is 14.4 Å². The number of carboxylic acid groups (broad SMARTS) is 1. The van der Waals surface area contributed by atoms with E-state index in [4.69, 9.17) is 15.3 Å². The van der Waals surface area contributed by atoms with Gasteiger partial charge in [-0.1, -0.05) is 0 Å². The molecule has 19 heavy (non-hydrogen) atoms. The van der Waals surface area contributed by atoms with Gasteiger partial charge in [0.25, 0.3) is 0 Å². The van der Waals surface area contributed by atoms with Crippen molar-refractivity contribution in [2.45, 2.75) is 25.4 Å². The Kier molecular flexibility index (Phi) is 5.39. The minimum absolute atomic E-state index is 0.0518. The smallest absolute Gasteiger partial charge is 0.326 e. The zero-order valence-electron chi connectivity index (χ0n) is 10.1. The van der Waals surface area contributed by atoms with Crippen LogP contribution in [-0.4, -0.2) is 29.1 Å². The summed E-state index contributed by atoms with van der Waals surface area (Å²) in [6.45, 7) is 0.213. The van der Waals surface area contributed by atoms with Crippen molar-refractivity contribution < 1.29 is 23.9 Å². The van der Waals surface area contributed by atoms with Crippen LogP contribution in [0.1, 0.15) is 18.4 Å². The number of hydrogen-bond acceptors (Lipinski definition) is 4. The number of nitrogens with one attached hydrogen (secondary N) is 2. The van der Waals surface area contributed by atoms with Gasteiger partial charge in [0, 0.05) is 18.5 Å². The highest BCUT2D eigenvalue weighted by Crippen LogP contribution is 2.00. The van der Waals surface area contributed by atoms with Crippen LogP contribution in [0.25, 0.3) is 0 Å². The van der Waals surface area contributed by atoms with E-state index in [1.165, 1.54) is 12.5 Å². The first kappa shape index (κ1) is 14.6. The van der Waals surface area contributed by atoms with Crippen molar-refractivity contribution in [2.75, 3.05) is 0 Å². The molecule has 1 rings (SSSR count). The highest BCUT2D eigenvalue weighted by Gasteiger charge is 2.20. The second kappa shape index (κ2) is 7.04. The number of aliphatic carboxylic acids is 1. The first-order valence-electron chi connectivity index (χ1n) is 5.55. The summed E-state index contributed by atoms with van der Waals surface area (Å²) in [6.07, 6.45) is 2.76. The zero-order chi connectivity index (χ0) is 14.3. The molecule has 8 nitrogen and oxygen atoms in total. The van der Waals surface area contributed by atoms with Gasteiger partial charge in [0.2, 0.25) is 5.91 Å². The molecule has 104 valence electrons. The normalized spacial score (nSPS) is 11.6. The fourth-order valence-corrected chi connectivity index (χ4v) is 1.33. The molecule has 0 aliphatic rings. The number of amides is 3. The standard InChI is InChI=1S/C11H15N3O5/c12-9(15)2-1-8(10(16)17)14-11(18)13-5-7-3-4-19-6-7/h3-4,6,8H,1-2,5H2,(H2,12,15)(H,16,17)(H2,13,14,18)/t8-/m1/s1. The van der Waals surface area contributed by atoms with Gasteiger partial charge in [-0.05, 0) is 12.5 Å². The maximum Gasteiger partial charge on any atom is 0.326 e. The molecule has 0 aliphatic carbocycles. The number of carbonyl (C=O) groups excluding carboxylic acids is 2. The number of furan rings is 1. The van der Waals surface area contributed by atoms with Crippen LogP contribution in [0.2, 0.25) is 0 Å². The summed E-state index contributed by atoms with van der Waals surface area (Å²) < 4.78 is 4.81. The van der Waals surface area contributed by atoms with Crippen LogP contribution >= 0.6 is 0 Å². The molecule has 0 fully saturated rings. The summed E-state index contributed by atoms with van der Waals surface area (Å²) in [5, 5.41) is 13.6. The fourth-order valence-electron chi connectivity index (χ4n) is 1.33. The number of rotatable bonds is 7. The number of hydrogen-bond donors (Lipinski definition) is 4. The van der Waals surface area contributed by atoms with E-state index in [0.29, 0.717) is 0 Å². The molecule has 0 aliphatic heterocycles. The lowest BCUT2D eigenvalue weighted by atomic mass is 10.1. The minimum Gasteiger partial charge on any atom is -0.480 e. The second-order valence-corrected chi connectivity index (χ2v) is 3.85. The molecular weight excluding hydrogens is 254 g/mol. The van der Waals surface area contributed by atoms with Gasteiger partial charge in [0.15, 0.2) is 0 Å². The molecule has 0 radical (unpaired) electrons. The number of urea groups is 1. The molecule has 0 saturated carbocycles. The van der Waals surface area contributed by atoms with Crippen molar-refractivity contribution in [2.24, 2.45) is 5.73 Å². The van der Waals surface area contributed by atoms with Crippen LogP contribution in [0, 0.1) is 0 Å². The van der Waals surface area contributed by atoms with Crippen molar-refractivity contribution in [1.82, 2.24) is 10.6 Å². The summed E-state index contributed by atoms with van der Waals surface area (Å²) in [5.41, 5.74) is 5.67. The Morgan fingerprint density at radius 3 is 2.68 bits per heavy atom. The van der Waals surface area contributed by atoms with Crippen LogP contribution in [-0.2, 0) is 16.1 Å². The second-order valence-electron chi connectivity index (χ2n) is 3.85. The summed E-state index contributed by atoms with van der Waals surface area (Å²) >= 11 is 0. The van der Waals surface area contributed by atoms with Crippen LogP contribution in [0.5, 0.6) is 0 Å². The molecule has 0 saturated heterocycles. The monoisotopic (exact) mass is 269 g/mol. The molecular formula is C11H15N3O5. The fraction of sp³-hybridized carbons (Fsp3) is 0.364. The topological polar surface area (TPSA) is 135 Å². The maximum absolute atomic E-state index is 11.5. The Bertz CT molecular complexity index is 443. The van der Waals surface area contributed by atoms with Gasteiger partial charge in [0.05, 0.1) is 12.5 Å². The predicted octanol–water partition coefficient (Wildman–Crippen LogP) is -0.202.